The number of anilines is 1. The van der Waals surface area contributed by atoms with Gasteiger partial charge in [-0.1, -0.05) is 20.8 Å². The number of methoxy groups -OCH3 is 1. The van der Waals surface area contributed by atoms with Gasteiger partial charge in [-0.15, -0.1) is 23.1 Å². The van der Waals surface area contributed by atoms with Crippen molar-refractivity contribution in [2.24, 2.45) is 0 Å². The number of hydrogen-bond acceptors (Lipinski definition) is 6. The van der Waals surface area contributed by atoms with Gasteiger partial charge in [0.2, 0.25) is 5.91 Å². The van der Waals surface area contributed by atoms with E-state index >= 15 is 0 Å². The van der Waals surface area contributed by atoms with E-state index in [4.69, 9.17) is 0 Å². The smallest absolute Gasteiger partial charge is 0.354 e. The standard InChI is InChI=1S/C15H19N3O3S2/c1-15(2,3)23-8-12(19)18-14-17-11(7-22-14)9-5-10(16-6-9)13(20)21-4/h5-7,16H,8H2,1-4H3,(H,17,18,19). The van der Waals surface area contributed by atoms with Crippen molar-refractivity contribution >= 4 is 40.1 Å². The first-order valence-electron chi connectivity index (χ1n) is 6.95. The molecule has 0 saturated heterocycles. The molecule has 1 amide bonds. The zero-order chi connectivity index (χ0) is 17.0. The van der Waals surface area contributed by atoms with Crippen molar-refractivity contribution < 1.29 is 14.3 Å². The first kappa shape index (κ1) is 17.6. The van der Waals surface area contributed by atoms with E-state index in [0.717, 1.165) is 5.56 Å². The topological polar surface area (TPSA) is 84.1 Å². The minimum absolute atomic E-state index is 0.0424. The molecule has 0 unspecified atom stereocenters. The van der Waals surface area contributed by atoms with Gasteiger partial charge in [-0.3, -0.25) is 4.79 Å². The van der Waals surface area contributed by atoms with Crippen LogP contribution in [0.2, 0.25) is 0 Å². The zero-order valence-electron chi connectivity index (χ0n) is 13.4. The Labute approximate surface area is 143 Å². The van der Waals surface area contributed by atoms with Crippen LogP contribution in [0.25, 0.3) is 11.3 Å². The normalized spacial score (nSPS) is 11.3. The van der Waals surface area contributed by atoms with Crippen LogP contribution in [0.15, 0.2) is 17.6 Å². The number of esters is 1. The SMILES string of the molecule is COC(=O)c1cc(-c2csc(NC(=O)CSC(C)(C)C)n2)c[nH]1. The van der Waals surface area contributed by atoms with E-state index in [9.17, 15) is 9.59 Å². The molecule has 2 rings (SSSR count). The fourth-order valence-corrected chi connectivity index (χ4v) is 3.04. The lowest BCUT2D eigenvalue weighted by molar-refractivity contribution is -0.113. The number of ether oxygens (including phenoxy) is 1. The molecule has 0 atom stereocenters. The Balaban J connectivity index is 1.99. The van der Waals surface area contributed by atoms with Gasteiger partial charge in [0.1, 0.15) is 5.69 Å². The molecule has 2 aromatic heterocycles. The average Bonchev–Trinajstić information content (AvgIpc) is 3.12. The van der Waals surface area contributed by atoms with Crippen molar-refractivity contribution in [2.75, 3.05) is 18.2 Å². The Morgan fingerprint density at radius 1 is 1.43 bits per heavy atom. The summed E-state index contributed by atoms with van der Waals surface area (Å²) in [5.41, 5.74) is 1.83. The molecule has 0 aliphatic carbocycles. The molecule has 0 aromatic carbocycles. The number of hydrogen-bond donors (Lipinski definition) is 2. The number of carbonyl (C=O) groups is 2. The quantitative estimate of drug-likeness (QED) is 0.805. The predicted octanol–water partition coefficient (Wildman–Crippen LogP) is 3.40. The van der Waals surface area contributed by atoms with Crippen LogP contribution in [-0.4, -0.2) is 39.5 Å². The molecule has 0 saturated carbocycles. The summed E-state index contributed by atoms with van der Waals surface area (Å²) >= 11 is 2.93. The van der Waals surface area contributed by atoms with Crippen molar-refractivity contribution in [3.05, 3.63) is 23.3 Å². The minimum Gasteiger partial charge on any atom is -0.464 e. The molecule has 0 aliphatic rings. The number of thioether (sulfide) groups is 1. The number of aromatic nitrogens is 2. The molecule has 8 heteroatoms. The van der Waals surface area contributed by atoms with Crippen molar-refractivity contribution in [1.29, 1.82) is 0 Å². The highest BCUT2D eigenvalue weighted by atomic mass is 32.2. The second-order valence-electron chi connectivity index (χ2n) is 5.78. The molecular formula is C15H19N3O3S2. The van der Waals surface area contributed by atoms with Gasteiger partial charge >= 0.3 is 5.97 Å². The first-order chi connectivity index (χ1) is 10.8. The summed E-state index contributed by atoms with van der Waals surface area (Å²) < 4.78 is 4.69. The van der Waals surface area contributed by atoms with E-state index in [2.05, 4.69) is 40.8 Å². The molecular weight excluding hydrogens is 334 g/mol. The maximum Gasteiger partial charge on any atom is 0.354 e. The maximum atomic E-state index is 11.9. The van der Waals surface area contributed by atoms with E-state index in [0.29, 0.717) is 22.3 Å². The van der Waals surface area contributed by atoms with E-state index in [1.165, 1.54) is 18.4 Å². The van der Waals surface area contributed by atoms with Crippen LogP contribution >= 0.6 is 23.1 Å². The Bertz CT molecular complexity index is 701. The largest absolute Gasteiger partial charge is 0.464 e. The molecule has 0 spiro atoms. The van der Waals surface area contributed by atoms with Gasteiger partial charge in [0, 0.05) is 21.9 Å². The summed E-state index contributed by atoms with van der Waals surface area (Å²) in [5, 5.41) is 5.16. The van der Waals surface area contributed by atoms with Gasteiger partial charge in [0.25, 0.3) is 0 Å². The van der Waals surface area contributed by atoms with Crippen molar-refractivity contribution in [3.8, 4) is 11.3 Å². The highest BCUT2D eigenvalue weighted by Gasteiger charge is 2.15. The van der Waals surface area contributed by atoms with Crippen LogP contribution in [0.5, 0.6) is 0 Å². The first-order valence-corrected chi connectivity index (χ1v) is 8.81. The molecule has 2 heterocycles. The second kappa shape index (κ2) is 7.18. The fraction of sp³-hybridized carbons (Fsp3) is 0.400. The van der Waals surface area contributed by atoms with Crippen molar-refractivity contribution in [1.82, 2.24) is 9.97 Å². The third-order valence-electron chi connectivity index (χ3n) is 2.77. The number of amides is 1. The second-order valence-corrected chi connectivity index (χ2v) is 8.44. The zero-order valence-corrected chi connectivity index (χ0v) is 15.1. The van der Waals surface area contributed by atoms with E-state index in [1.54, 1.807) is 24.0 Å². The van der Waals surface area contributed by atoms with Crippen molar-refractivity contribution in [2.45, 2.75) is 25.5 Å². The number of carbonyl (C=O) groups excluding carboxylic acids is 2. The van der Waals surface area contributed by atoms with Crippen LogP contribution in [-0.2, 0) is 9.53 Å². The van der Waals surface area contributed by atoms with Crippen molar-refractivity contribution in [3.63, 3.8) is 0 Å². The number of nitrogens with one attached hydrogen (secondary N) is 2. The summed E-state index contributed by atoms with van der Waals surface area (Å²) in [4.78, 5) is 30.5. The molecule has 2 aromatic rings. The molecule has 0 bridgehead atoms. The van der Waals surface area contributed by atoms with E-state index < -0.39 is 5.97 Å². The molecule has 0 aliphatic heterocycles. The lowest BCUT2D eigenvalue weighted by atomic mass is 10.2. The van der Waals surface area contributed by atoms with E-state index in [-0.39, 0.29) is 10.7 Å². The average molecular weight is 353 g/mol. The monoisotopic (exact) mass is 353 g/mol. The van der Waals surface area contributed by atoms with Crippen LogP contribution in [0.1, 0.15) is 31.3 Å². The summed E-state index contributed by atoms with van der Waals surface area (Å²) in [6.45, 7) is 6.20. The Hall–Kier alpha value is -1.80. The molecule has 0 fully saturated rings. The lowest BCUT2D eigenvalue weighted by Crippen LogP contribution is -2.18. The van der Waals surface area contributed by atoms with Gasteiger partial charge in [0.15, 0.2) is 5.13 Å². The third-order valence-corrected chi connectivity index (χ3v) is 4.80. The van der Waals surface area contributed by atoms with Gasteiger partial charge < -0.3 is 15.0 Å². The molecule has 23 heavy (non-hydrogen) atoms. The summed E-state index contributed by atoms with van der Waals surface area (Å²) in [5.74, 6) is -0.121. The molecule has 124 valence electrons. The molecule has 2 N–H and O–H groups in total. The highest BCUT2D eigenvalue weighted by molar-refractivity contribution is 8.01. The number of rotatable bonds is 5. The van der Waals surface area contributed by atoms with Gasteiger partial charge in [-0.05, 0) is 6.07 Å². The van der Waals surface area contributed by atoms with Crippen LogP contribution < -0.4 is 5.32 Å². The number of nitrogens with zero attached hydrogens (tertiary/aromatic N) is 1. The van der Waals surface area contributed by atoms with Crippen LogP contribution in [0.3, 0.4) is 0 Å². The van der Waals surface area contributed by atoms with Gasteiger partial charge in [-0.2, -0.15) is 0 Å². The molecule has 0 radical (unpaired) electrons. The minimum atomic E-state index is -0.431. The highest BCUT2D eigenvalue weighted by Crippen LogP contribution is 2.27. The number of H-pyrrole nitrogens is 1. The maximum absolute atomic E-state index is 11.9. The predicted molar refractivity (Wildman–Crippen MR) is 94.1 cm³/mol. The number of thiazole rings is 1. The fourth-order valence-electron chi connectivity index (χ4n) is 1.67. The Morgan fingerprint density at radius 3 is 2.83 bits per heavy atom. The summed E-state index contributed by atoms with van der Waals surface area (Å²) in [7, 11) is 1.33. The molecule has 6 nitrogen and oxygen atoms in total. The number of aromatic amines is 1. The summed E-state index contributed by atoms with van der Waals surface area (Å²) in [6, 6.07) is 1.67. The summed E-state index contributed by atoms with van der Waals surface area (Å²) in [6.07, 6.45) is 1.68. The van der Waals surface area contributed by atoms with Crippen LogP contribution in [0.4, 0.5) is 5.13 Å². The van der Waals surface area contributed by atoms with E-state index in [1.807, 2.05) is 5.38 Å². The third kappa shape index (κ3) is 5.11. The van der Waals surface area contributed by atoms with Crippen LogP contribution in [0, 0.1) is 0 Å². The lowest BCUT2D eigenvalue weighted by Gasteiger charge is -2.16. The Morgan fingerprint density at radius 2 is 2.17 bits per heavy atom. The Kier molecular flexibility index (Phi) is 5.48. The van der Waals surface area contributed by atoms with Gasteiger partial charge in [0.05, 0.1) is 18.6 Å². The van der Waals surface area contributed by atoms with Gasteiger partial charge in [-0.25, -0.2) is 9.78 Å².